The van der Waals surface area contributed by atoms with Crippen LogP contribution in [0.4, 0.5) is 0 Å². The Labute approximate surface area is 114 Å². The molecule has 18 heavy (non-hydrogen) atoms. The highest BCUT2D eigenvalue weighted by Gasteiger charge is 2.31. The van der Waals surface area contributed by atoms with Gasteiger partial charge in [-0.05, 0) is 37.6 Å². The maximum Gasteiger partial charge on any atom is 0.0499 e. The minimum atomic E-state index is 0.155. The number of hydrogen-bond acceptors (Lipinski definition) is 3. The third kappa shape index (κ3) is 3.81. The van der Waals surface area contributed by atoms with Gasteiger partial charge in [-0.2, -0.15) is 0 Å². The highest BCUT2D eigenvalue weighted by Crippen LogP contribution is 2.35. The van der Waals surface area contributed by atoms with Gasteiger partial charge >= 0.3 is 0 Å². The predicted octanol–water partition coefficient (Wildman–Crippen LogP) is 3.21. The fourth-order valence-electron chi connectivity index (χ4n) is 2.89. The van der Waals surface area contributed by atoms with Gasteiger partial charge in [-0.1, -0.05) is 25.3 Å². The molecule has 1 saturated carbocycles. The molecule has 1 aliphatic carbocycles. The van der Waals surface area contributed by atoms with Crippen molar-refractivity contribution in [3.05, 3.63) is 22.4 Å². The average Bonchev–Trinajstić information content (AvgIpc) is 2.90. The van der Waals surface area contributed by atoms with Gasteiger partial charge in [0.05, 0.1) is 0 Å². The fraction of sp³-hybridized carbons (Fsp3) is 0.733. The molecule has 0 amide bonds. The zero-order valence-electron chi connectivity index (χ0n) is 11.3. The largest absolute Gasteiger partial charge is 0.396 e. The summed E-state index contributed by atoms with van der Waals surface area (Å²) in [5, 5.41) is 15.4. The maximum absolute atomic E-state index is 9.67. The molecule has 0 radical (unpaired) electrons. The molecule has 1 aliphatic rings. The number of aliphatic hydroxyl groups is 1. The lowest BCUT2D eigenvalue weighted by Crippen LogP contribution is -2.42. The Morgan fingerprint density at radius 3 is 2.78 bits per heavy atom. The molecule has 1 fully saturated rings. The molecule has 1 unspecified atom stereocenters. The molecule has 2 rings (SSSR count). The normalized spacial score (nSPS) is 20.8. The summed E-state index contributed by atoms with van der Waals surface area (Å²) in [5.41, 5.74) is 0.155. The number of thiophene rings is 1. The van der Waals surface area contributed by atoms with E-state index in [1.165, 1.54) is 37.0 Å². The van der Waals surface area contributed by atoms with Crippen molar-refractivity contribution in [1.29, 1.82) is 0 Å². The maximum atomic E-state index is 9.67. The first kappa shape index (κ1) is 14.0. The smallest absolute Gasteiger partial charge is 0.0499 e. The van der Waals surface area contributed by atoms with Crippen molar-refractivity contribution >= 4 is 11.3 Å². The number of aliphatic hydroxyl groups excluding tert-OH is 1. The third-order valence-electron chi connectivity index (χ3n) is 4.16. The van der Waals surface area contributed by atoms with Gasteiger partial charge in [-0.15, -0.1) is 11.3 Å². The molecule has 3 heteroatoms. The van der Waals surface area contributed by atoms with Crippen molar-refractivity contribution in [1.82, 2.24) is 5.32 Å². The molecule has 0 saturated heterocycles. The summed E-state index contributed by atoms with van der Waals surface area (Å²) in [7, 11) is 0. The van der Waals surface area contributed by atoms with Crippen molar-refractivity contribution < 1.29 is 5.11 Å². The van der Waals surface area contributed by atoms with E-state index >= 15 is 0 Å². The van der Waals surface area contributed by atoms with Crippen LogP contribution in [0.3, 0.4) is 0 Å². The van der Waals surface area contributed by atoms with Crippen molar-refractivity contribution in [3.8, 4) is 0 Å². The summed E-state index contributed by atoms with van der Waals surface area (Å²) < 4.78 is 0. The summed E-state index contributed by atoms with van der Waals surface area (Å²) in [4.78, 5) is 1.44. The summed E-state index contributed by atoms with van der Waals surface area (Å²) in [6.07, 6.45) is 7.36. The van der Waals surface area contributed by atoms with Crippen LogP contribution < -0.4 is 5.32 Å². The van der Waals surface area contributed by atoms with E-state index in [2.05, 4.69) is 29.8 Å². The second-order valence-corrected chi connectivity index (χ2v) is 6.82. The first-order chi connectivity index (χ1) is 8.74. The predicted molar refractivity (Wildman–Crippen MR) is 78.1 cm³/mol. The van der Waals surface area contributed by atoms with Gasteiger partial charge in [0.1, 0.15) is 0 Å². The lowest BCUT2D eigenvalue weighted by atomic mass is 9.74. The minimum absolute atomic E-state index is 0.155. The molecule has 0 aliphatic heterocycles. The van der Waals surface area contributed by atoms with Gasteiger partial charge in [-0.3, -0.25) is 0 Å². The molecule has 102 valence electrons. The van der Waals surface area contributed by atoms with Gasteiger partial charge in [0.25, 0.3) is 0 Å². The molecule has 1 aromatic rings. The van der Waals surface area contributed by atoms with Gasteiger partial charge in [0.2, 0.25) is 0 Å². The standard InChI is InChI=1S/C15H25NOS/c1-13(10-14-6-5-9-18-14)16-11-15(12-17)7-3-2-4-8-15/h5-6,9,13,16-17H,2-4,7-8,10-12H2,1H3. The Kier molecular flexibility index (Phi) is 5.22. The van der Waals surface area contributed by atoms with E-state index in [-0.39, 0.29) is 5.41 Å². The van der Waals surface area contributed by atoms with Crippen molar-refractivity contribution in [2.45, 2.75) is 51.5 Å². The van der Waals surface area contributed by atoms with E-state index in [4.69, 9.17) is 0 Å². The molecule has 1 aromatic heterocycles. The van der Waals surface area contributed by atoms with Gasteiger partial charge in [0, 0.05) is 29.5 Å². The molecule has 2 N–H and O–H groups in total. The molecule has 0 aromatic carbocycles. The van der Waals surface area contributed by atoms with E-state index in [1.807, 2.05) is 11.3 Å². The minimum Gasteiger partial charge on any atom is -0.396 e. The van der Waals surface area contributed by atoms with Gasteiger partial charge in [-0.25, -0.2) is 0 Å². The first-order valence-corrected chi connectivity index (χ1v) is 7.99. The summed E-state index contributed by atoms with van der Waals surface area (Å²) in [6, 6.07) is 4.81. The van der Waals surface area contributed by atoms with Crippen LogP contribution >= 0.6 is 11.3 Å². The Morgan fingerprint density at radius 2 is 2.17 bits per heavy atom. The van der Waals surface area contributed by atoms with Gasteiger partial charge in [0.15, 0.2) is 0 Å². The van der Waals surface area contributed by atoms with E-state index < -0.39 is 0 Å². The molecule has 1 heterocycles. The Balaban J connectivity index is 1.78. The number of rotatable bonds is 6. The monoisotopic (exact) mass is 267 g/mol. The topological polar surface area (TPSA) is 32.3 Å². The molecular formula is C15H25NOS. The quantitative estimate of drug-likeness (QED) is 0.829. The van der Waals surface area contributed by atoms with Crippen LogP contribution in [0.2, 0.25) is 0 Å². The second-order valence-electron chi connectivity index (χ2n) is 5.78. The summed E-state index contributed by atoms with van der Waals surface area (Å²) >= 11 is 1.83. The van der Waals surface area contributed by atoms with Crippen molar-refractivity contribution in [3.63, 3.8) is 0 Å². The van der Waals surface area contributed by atoms with Crippen LogP contribution in [-0.4, -0.2) is 24.3 Å². The average molecular weight is 267 g/mol. The van der Waals surface area contributed by atoms with Crippen LogP contribution in [-0.2, 0) is 6.42 Å². The van der Waals surface area contributed by atoms with Crippen LogP contribution in [0, 0.1) is 5.41 Å². The Morgan fingerprint density at radius 1 is 1.39 bits per heavy atom. The lowest BCUT2D eigenvalue weighted by Gasteiger charge is -2.36. The third-order valence-corrected chi connectivity index (χ3v) is 5.06. The van der Waals surface area contributed by atoms with Crippen molar-refractivity contribution in [2.24, 2.45) is 5.41 Å². The molecule has 1 atom stereocenters. The second kappa shape index (κ2) is 6.69. The molecule has 2 nitrogen and oxygen atoms in total. The van der Waals surface area contributed by atoms with E-state index in [0.29, 0.717) is 12.6 Å². The van der Waals surface area contributed by atoms with Crippen molar-refractivity contribution in [2.75, 3.05) is 13.2 Å². The van der Waals surface area contributed by atoms with Gasteiger partial charge < -0.3 is 10.4 Å². The molecule has 0 bridgehead atoms. The van der Waals surface area contributed by atoms with E-state index in [0.717, 1.165) is 13.0 Å². The number of hydrogen-bond donors (Lipinski definition) is 2. The summed E-state index contributed by atoms with van der Waals surface area (Å²) in [6.45, 7) is 3.55. The summed E-state index contributed by atoms with van der Waals surface area (Å²) in [5.74, 6) is 0. The fourth-order valence-corrected chi connectivity index (χ4v) is 3.72. The Bertz CT molecular complexity index is 330. The first-order valence-electron chi connectivity index (χ1n) is 7.11. The zero-order chi connectivity index (χ0) is 12.8. The van der Waals surface area contributed by atoms with E-state index in [1.54, 1.807) is 0 Å². The SMILES string of the molecule is CC(Cc1cccs1)NCC1(CO)CCCCC1. The van der Waals surface area contributed by atoms with Crippen LogP contribution in [0.15, 0.2) is 17.5 Å². The van der Waals surface area contributed by atoms with Crippen LogP contribution in [0.25, 0.3) is 0 Å². The highest BCUT2D eigenvalue weighted by molar-refractivity contribution is 7.09. The molecule has 0 spiro atoms. The zero-order valence-corrected chi connectivity index (χ0v) is 12.1. The Hall–Kier alpha value is -0.380. The van der Waals surface area contributed by atoms with E-state index in [9.17, 15) is 5.11 Å². The van der Waals surface area contributed by atoms with Crippen LogP contribution in [0.1, 0.15) is 43.9 Å². The molecular weight excluding hydrogens is 242 g/mol. The lowest BCUT2D eigenvalue weighted by molar-refractivity contribution is 0.0789. The highest BCUT2D eigenvalue weighted by atomic mass is 32.1. The number of nitrogens with one attached hydrogen (secondary N) is 1. The van der Waals surface area contributed by atoms with Crippen LogP contribution in [0.5, 0.6) is 0 Å².